The Balaban J connectivity index is 1.52. The summed E-state index contributed by atoms with van der Waals surface area (Å²) in [6.07, 6.45) is 4.97. The SMILES string of the molecule is Cc1cc(C)c2[nH]c3c(c2c1)[C@@H]1CCC[C@H]1N[C@H]3Cc1cccc2ccccc12. The third-order valence-electron chi connectivity index (χ3n) is 7.27. The summed E-state index contributed by atoms with van der Waals surface area (Å²) in [5, 5.41) is 8.24. The summed E-state index contributed by atoms with van der Waals surface area (Å²) in [5.41, 5.74) is 8.57. The molecule has 0 spiro atoms. The lowest BCUT2D eigenvalue weighted by Gasteiger charge is -2.34. The molecule has 1 aliphatic heterocycles. The molecule has 1 aliphatic carbocycles. The van der Waals surface area contributed by atoms with Crippen molar-refractivity contribution in [2.24, 2.45) is 0 Å². The molecule has 3 aromatic carbocycles. The van der Waals surface area contributed by atoms with Crippen LogP contribution in [0.2, 0.25) is 0 Å². The van der Waals surface area contributed by atoms with Gasteiger partial charge in [0.25, 0.3) is 0 Å². The number of aromatic nitrogens is 1. The Bertz CT molecular complexity index is 1230. The first-order valence-corrected chi connectivity index (χ1v) is 11.0. The minimum atomic E-state index is 0.349. The minimum absolute atomic E-state index is 0.349. The monoisotopic (exact) mass is 380 g/mol. The number of hydrogen-bond donors (Lipinski definition) is 2. The molecule has 1 saturated carbocycles. The zero-order valence-corrected chi connectivity index (χ0v) is 17.3. The van der Waals surface area contributed by atoms with E-state index in [-0.39, 0.29) is 0 Å². The first-order valence-electron chi connectivity index (χ1n) is 11.0. The van der Waals surface area contributed by atoms with Gasteiger partial charge in [-0.15, -0.1) is 0 Å². The largest absolute Gasteiger partial charge is 0.357 e. The summed E-state index contributed by atoms with van der Waals surface area (Å²) in [7, 11) is 0. The highest BCUT2D eigenvalue weighted by atomic mass is 15.0. The number of aromatic amines is 1. The Kier molecular flexibility index (Phi) is 3.86. The van der Waals surface area contributed by atoms with Gasteiger partial charge in [-0.2, -0.15) is 0 Å². The average Bonchev–Trinajstić information content (AvgIpc) is 3.33. The smallest absolute Gasteiger partial charge is 0.0519 e. The maximum absolute atomic E-state index is 4.05. The molecule has 0 radical (unpaired) electrons. The molecular weight excluding hydrogens is 352 g/mol. The van der Waals surface area contributed by atoms with E-state index in [1.165, 1.54) is 63.3 Å². The number of rotatable bonds is 2. The normalized spacial score (nSPS) is 23.4. The molecule has 3 atom stereocenters. The standard InChI is InChI=1S/C27H28N2/c1-16-13-17(2)26-22(14-16)25-21-11-6-12-23(21)28-24(27(25)29-26)15-19-9-5-8-18-7-3-4-10-20(18)19/h3-5,7-10,13-14,21,23-24,28-29H,6,11-12,15H2,1-2H3/t21-,23-,24+/m1/s1. The van der Waals surface area contributed by atoms with Crippen molar-refractivity contribution < 1.29 is 0 Å². The van der Waals surface area contributed by atoms with Gasteiger partial charge in [-0.1, -0.05) is 60.5 Å². The lowest BCUT2D eigenvalue weighted by molar-refractivity contribution is 0.374. The molecule has 0 amide bonds. The highest BCUT2D eigenvalue weighted by molar-refractivity contribution is 5.89. The molecule has 2 N–H and O–H groups in total. The molecule has 29 heavy (non-hydrogen) atoms. The highest BCUT2D eigenvalue weighted by Crippen LogP contribution is 2.47. The van der Waals surface area contributed by atoms with E-state index in [4.69, 9.17) is 0 Å². The van der Waals surface area contributed by atoms with Gasteiger partial charge >= 0.3 is 0 Å². The molecule has 6 rings (SSSR count). The molecule has 2 heteroatoms. The number of benzene rings is 3. The van der Waals surface area contributed by atoms with E-state index in [0.717, 1.165) is 6.42 Å². The molecule has 0 unspecified atom stereocenters. The maximum Gasteiger partial charge on any atom is 0.0519 e. The lowest BCUT2D eigenvalue weighted by atomic mass is 9.83. The van der Waals surface area contributed by atoms with Crippen molar-refractivity contribution >= 4 is 21.7 Å². The van der Waals surface area contributed by atoms with E-state index in [2.05, 4.69) is 78.7 Å². The number of hydrogen-bond acceptors (Lipinski definition) is 1. The number of nitrogens with one attached hydrogen (secondary N) is 2. The van der Waals surface area contributed by atoms with Crippen molar-refractivity contribution in [2.45, 2.75) is 57.5 Å². The van der Waals surface area contributed by atoms with E-state index in [1.807, 2.05) is 0 Å². The molecule has 2 heterocycles. The van der Waals surface area contributed by atoms with Gasteiger partial charge in [0.2, 0.25) is 0 Å². The molecule has 146 valence electrons. The second kappa shape index (κ2) is 6.47. The third kappa shape index (κ3) is 2.66. The topological polar surface area (TPSA) is 27.8 Å². The van der Waals surface area contributed by atoms with E-state index >= 15 is 0 Å². The van der Waals surface area contributed by atoms with Crippen LogP contribution in [-0.4, -0.2) is 11.0 Å². The van der Waals surface area contributed by atoms with Gasteiger partial charge in [0, 0.05) is 28.6 Å². The Morgan fingerprint density at radius 3 is 2.72 bits per heavy atom. The van der Waals surface area contributed by atoms with Crippen LogP contribution in [0, 0.1) is 13.8 Å². The van der Waals surface area contributed by atoms with Gasteiger partial charge < -0.3 is 10.3 Å². The van der Waals surface area contributed by atoms with E-state index in [1.54, 1.807) is 5.56 Å². The van der Waals surface area contributed by atoms with E-state index in [0.29, 0.717) is 18.0 Å². The van der Waals surface area contributed by atoms with Gasteiger partial charge in [0.05, 0.1) is 6.04 Å². The first-order chi connectivity index (χ1) is 14.2. The van der Waals surface area contributed by atoms with Crippen molar-refractivity contribution in [1.29, 1.82) is 0 Å². The van der Waals surface area contributed by atoms with Gasteiger partial charge in [0.1, 0.15) is 0 Å². The molecule has 0 bridgehead atoms. The van der Waals surface area contributed by atoms with Crippen LogP contribution in [0.15, 0.2) is 54.6 Å². The Hall–Kier alpha value is -2.58. The molecule has 1 fully saturated rings. The predicted octanol–water partition coefficient (Wildman–Crippen LogP) is 6.46. The highest BCUT2D eigenvalue weighted by Gasteiger charge is 2.39. The molecule has 0 saturated heterocycles. The molecule has 2 nitrogen and oxygen atoms in total. The van der Waals surface area contributed by atoms with Crippen LogP contribution in [-0.2, 0) is 6.42 Å². The van der Waals surface area contributed by atoms with Gasteiger partial charge in [0.15, 0.2) is 0 Å². The summed E-state index contributed by atoms with van der Waals surface area (Å²) < 4.78 is 0. The second-order valence-electron chi connectivity index (χ2n) is 9.16. The van der Waals surface area contributed by atoms with Crippen LogP contribution < -0.4 is 5.32 Å². The van der Waals surface area contributed by atoms with E-state index < -0.39 is 0 Å². The minimum Gasteiger partial charge on any atom is -0.357 e. The van der Waals surface area contributed by atoms with Crippen LogP contribution in [0.3, 0.4) is 0 Å². The summed E-state index contributed by atoms with van der Waals surface area (Å²) in [4.78, 5) is 3.88. The number of aryl methyl sites for hydroxylation is 2. The summed E-state index contributed by atoms with van der Waals surface area (Å²) in [5.74, 6) is 0.656. The van der Waals surface area contributed by atoms with Crippen molar-refractivity contribution in [3.05, 3.63) is 82.5 Å². The first kappa shape index (κ1) is 17.3. The number of fused-ring (bicyclic) bond motifs is 6. The van der Waals surface area contributed by atoms with Crippen molar-refractivity contribution in [2.75, 3.05) is 0 Å². The van der Waals surface area contributed by atoms with Gasteiger partial charge in [-0.3, -0.25) is 0 Å². The maximum atomic E-state index is 4.05. The van der Waals surface area contributed by atoms with Crippen molar-refractivity contribution in [3.8, 4) is 0 Å². The van der Waals surface area contributed by atoms with Crippen LogP contribution >= 0.6 is 0 Å². The van der Waals surface area contributed by atoms with Crippen molar-refractivity contribution in [3.63, 3.8) is 0 Å². The summed E-state index contributed by atoms with van der Waals surface area (Å²) >= 11 is 0. The fourth-order valence-corrected chi connectivity index (χ4v) is 6.07. The second-order valence-corrected chi connectivity index (χ2v) is 9.16. The van der Waals surface area contributed by atoms with Crippen LogP contribution in [0.25, 0.3) is 21.7 Å². The van der Waals surface area contributed by atoms with Gasteiger partial charge in [-0.05, 0) is 66.6 Å². The zero-order chi connectivity index (χ0) is 19.5. The summed E-state index contributed by atoms with van der Waals surface area (Å²) in [6, 6.07) is 21.2. The van der Waals surface area contributed by atoms with Crippen molar-refractivity contribution in [1.82, 2.24) is 10.3 Å². The third-order valence-corrected chi connectivity index (χ3v) is 7.27. The van der Waals surface area contributed by atoms with Crippen LogP contribution in [0.1, 0.15) is 59.2 Å². The quantitative estimate of drug-likeness (QED) is 0.410. The summed E-state index contributed by atoms with van der Waals surface area (Å²) in [6.45, 7) is 4.48. The average molecular weight is 381 g/mol. The van der Waals surface area contributed by atoms with E-state index in [9.17, 15) is 0 Å². The fraction of sp³-hybridized carbons (Fsp3) is 0.333. The molecule has 2 aliphatic rings. The fourth-order valence-electron chi connectivity index (χ4n) is 6.07. The Labute approximate surface area is 172 Å². The number of H-pyrrole nitrogens is 1. The van der Waals surface area contributed by atoms with Gasteiger partial charge in [-0.25, -0.2) is 0 Å². The lowest BCUT2D eigenvalue weighted by Crippen LogP contribution is -2.40. The zero-order valence-electron chi connectivity index (χ0n) is 17.3. The molecular formula is C27H28N2. The Morgan fingerprint density at radius 2 is 1.79 bits per heavy atom. The molecule has 1 aromatic heterocycles. The predicted molar refractivity (Wildman–Crippen MR) is 122 cm³/mol. The van der Waals surface area contributed by atoms with Crippen LogP contribution in [0.5, 0.6) is 0 Å². The Morgan fingerprint density at radius 1 is 0.931 bits per heavy atom. The molecule has 4 aromatic rings. The van der Waals surface area contributed by atoms with Crippen LogP contribution in [0.4, 0.5) is 0 Å².